The Hall–Kier alpha value is -1.59. The molecule has 0 aliphatic heterocycles. The number of ether oxygens (including phenoxy) is 1. The lowest BCUT2D eigenvalue weighted by Gasteiger charge is -2.25. The second-order valence-corrected chi connectivity index (χ2v) is 4.84. The van der Waals surface area contributed by atoms with Crippen molar-refractivity contribution in [3.8, 4) is 5.75 Å². The highest BCUT2D eigenvalue weighted by Gasteiger charge is 2.14. The Balaban J connectivity index is 2.62. The van der Waals surface area contributed by atoms with Crippen molar-refractivity contribution < 1.29 is 9.53 Å². The molecule has 0 fully saturated rings. The number of hydrogen-bond acceptors (Lipinski definition) is 4. The first-order chi connectivity index (χ1) is 9.58. The Labute approximate surface area is 121 Å². The lowest BCUT2D eigenvalue weighted by atomic mass is 10.1. The number of hydrogen-bond donors (Lipinski definition) is 2. The van der Waals surface area contributed by atoms with E-state index in [1.807, 2.05) is 39.2 Å². The first-order valence-electron chi connectivity index (χ1n) is 6.86. The van der Waals surface area contributed by atoms with Crippen LogP contribution in [0.25, 0.3) is 0 Å². The van der Waals surface area contributed by atoms with E-state index < -0.39 is 0 Å². The molecule has 20 heavy (non-hydrogen) atoms. The zero-order valence-electron chi connectivity index (χ0n) is 12.8. The maximum atomic E-state index is 11.4. The van der Waals surface area contributed by atoms with Crippen molar-refractivity contribution in [2.45, 2.75) is 13.0 Å². The fourth-order valence-corrected chi connectivity index (χ4v) is 2.03. The number of rotatable bonds is 8. The lowest BCUT2D eigenvalue weighted by Crippen LogP contribution is -2.38. The molecule has 5 nitrogen and oxygen atoms in total. The highest BCUT2D eigenvalue weighted by molar-refractivity contribution is 5.77. The van der Waals surface area contributed by atoms with Gasteiger partial charge in [-0.2, -0.15) is 0 Å². The summed E-state index contributed by atoms with van der Waals surface area (Å²) < 4.78 is 5.26. The van der Waals surface area contributed by atoms with Crippen LogP contribution in [0.1, 0.15) is 18.5 Å². The van der Waals surface area contributed by atoms with E-state index in [2.05, 4.69) is 21.6 Å². The van der Waals surface area contributed by atoms with Gasteiger partial charge in [0, 0.05) is 19.1 Å². The van der Waals surface area contributed by atoms with E-state index in [-0.39, 0.29) is 11.9 Å². The van der Waals surface area contributed by atoms with Crippen molar-refractivity contribution in [3.63, 3.8) is 0 Å². The molecular weight excluding hydrogens is 254 g/mol. The van der Waals surface area contributed by atoms with Gasteiger partial charge in [-0.05, 0) is 38.7 Å². The minimum atomic E-state index is 0.0237. The van der Waals surface area contributed by atoms with Crippen molar-refractivity contribution in [1.82, 2.24) is 15.5 Å². The van der Waals surface area contributed by atoms with Gasteiger partial charge in [0.1, 0.15) is 5.75 Å². The third-order valence-electron chi connectivity index (χ3n) is 3.10. The molecule has 1 aromatic rings. The van der Waals surface area contributed by atoms with Crippen LogP contribution in [-0.2, 0) is 4.79 Å². The average molecular weight is 279 g/mol. The zero-order chi connectivity index (χ0) is 15.0. The fourth-order valence-electron chi connectivity index (χ4n) is 2.03. The third-order valence-corrected chi connectivity index (χ3v) is 3.10. The van der Waals surface area contributed by atoms with Gasteiger partial charge in [0.05, 0.1) is 13.7 Å². The van der Waals surface area contributed by atoms with Crippen LogP contribution in [0.3, 0.4) is 0 Å². The Kier molecular flexibility index (Phi) is 7.04. The summed E-state index contributed by atoms with van der Waals surface area (Å²) >= 11 is 0. The van der Waals surface area contributed by atoms with Gasteiger partial charge in [-0.3, -0.25) is 4.79 Å². The Morgan fingerprint density at radius 3 is 2.75 bits per heavy atom. The minimum absolute atomic E-state index is 0.0237. The van der Waals surface area contributed by atoms with E-state index in [0.717, 1.165) is 11.3 Å². The van der Waals surface area contributed by atoms with Gasteiger partial charge in [-0.25, -0.2) is 0 Å². The maximum Gasteiger partial charge on any atom is 0.233 e. The van der Waals surface area contributed by atoms with E-state index in [0.29, 0.717) is 19.6 Å². The summed E-state index contributed by atoms with van der Waals surface area (Å²) in [5, 5.41) is 5.96. The van der Waals surface area contributed by atoms with Gasteiger partial charge >= 0.3 is 0 Å². The highest BCUT2D eigenvalue weighted by Crippen LogP contribution is 2.21. The van der Waals surface area contributed by atoms with E-state index in [1.165, 1.54) is 0 Å². The van der Waals surface area contributed by atoms with Gasteiger partial charge in [-0.15, -0.1) is 0 Å². The topological polar surface area (TPSA) is 53.6 Å². The molecule has 0 aromatic heterocycles. The van der Waals surface area contributed by atoms with E-state index in [9.17, 15) is 4.79 Å². The monoisotopic (exact) mass is 279 g/mol. The van der Waals surface area contributed by atoms with Gasteiger partial charge in [0.15, 0.2) is 0 Å². The van der Waals surface area contributed by atoms with Gasteiger partial charge < -0.3 is 20.3 Å². The molecule has 0 bridgehead atoms. The largest absolute Gasteiger partial charge is 0.497 e. The summed E-state index contributed by atoms with van der Waals surface area (Å²) in [6, 6.07) is 8.20. The molecular formula is C15H25N3O2. The molecule has 0 unspecified atom stereocenters. The number of carbonyl (C=O) groups excluding carboxylic acids is 1. The molecule has 0 heterocycles. The zero-order valence-corrected chi connectivity index (χ0v) is 12.8. The highest BCUT2D eigenvalue weighted by atomic mass is 16.5. The normalized spacial score (nSPS) is 12.2. The average Bonchev–Trinajstić information content (AvgIpc) is 2.43. The molecule has 0 saturated heterocycles. The van der Waals surface area contributed by atoms with Crippen LogP contribution in [0.2, 0.25) is 0 Å². The number of carbonyl (C=O) groups is 1. The fraction of sp³-hybridized carbons (Fsp3) is 0.533. The number of benzene rings is 1. The molecule has 1 aromatic carbocycles. The molecule has 1 atom stereocenters. The molecule has 5 heteroatoms. The van der Waals surface area contributed by atoms with Crippen molar-refractivity contribution in [2.24, 2.45) is 0 Å². The molecule has 1 rings (SSSR count). The summed E-state index contributed by atoms with van der Waals surface area (Å²) in [5.74, 6) is 0.869. The van der Waals surface area contributed by atoms with Crippen LogP contribution >= 0.6 is 0 Å². The van der Waals surface area contributed by atoms with Crippen molar-refractivity contribution in [2.75, 3.05) is 40.8 Å². The van der Waals surface area contributed by atoms with Crippen LogP contribution < -0.4 is 15.4 Å². The van der Waals surface area contributed by atoms with Crippen molar-refractivity contribution in [3.05, 3.63) is 29.8 Å². The second kappa shape index (κ2) is 8.55. The van der Waals surface area contributed by atoms with Crippen LogP contribution in [0.15, 0.2) is 24.3 Å². The third kappa shape index (κ3) is 5.19. The molecule has 112 valence electrons. The van der Waals surface area contributed by atoms with Crippen molar-refractivity contribution >= 4 is 5.91 Å². The minimum Gasteiger partial charge on any atom is -0.497 e. The summed E-state index contributed by atoms with van der Waals surface area (Å²) in [4.78, 5) is 13.5. The lowest BCUT2D eigenvalue weighted by molar-refractivity contribution is -0.120. The first-order valence-corrected chi connectivity index (χ1v) is 6.86. The molecule has 0 aliphatic carbocycles. The van der Waals surface area contributed by atoms with E-state index >= 15 is 0 Å². The van der Waals surface area contributed by atoms with E-state index in [4.69, 9.17) is 4.74 Å². The predicted octanol–water partition coefficient (Wildman–Crippen LogP) is 1.02. The first kappa shape index (κ1) is 16.5. The summed E-state index contributed by atoms with van der Waals surface area (Å²) in [7, 11) is 5.72. The van der Waals surface area contributed by atoms with Crippen molar-refractivity contribution in [1.29, 1.82) is 0 Å². The standard InChI is InChI=1S/C15H25N3O2/c1-5-17-15(19)11-16-10-14(18(2)3)12-7-6-8-13(9-12)20-4/h6-9,14,16H,5,10-11H2,1-4H3,(H,17,19)/t14-/m1/s1. The van der Waals surface area contributed by atoms with Crippen LogP contribution in [0, 0.1) is 0 Å². The number of nitrogens with zero attached hydrogens (tertiary/aromatic N) is 1. The summed E-state index contributed by atoms with van der Waals surface area (Å²) in [6.45, 7) is 3.61. The quantitative estimate of drug-likeness (QED) is 0.746. The number of amides is 1. The molecule has 0 radical (unpaired) electrons. The number of likely N-dealkylation sites (N-methyl/N-ethyl adjacent to an activating group) is 2. The Bertz CT molecular complexity index is 421. The predicted molar refractivity (Wildman–Crippen MR) is 81.0 cm³/mol. The SMILES string of the molecule is CCNC(=O)CNC[C@H](c1cccc(OC)c1)N(C)C. The summed E-state index contributed by atoms with van der Waals surface area (Å²) in [5.41, 5.74) is 1.16. The molecule has 0 saturated carbocycles. The van der Waals surface area contributed by atoms with Gasteiger partial charge in [0.2, 0.25) is 5.91 Å². The molecule has 2 N–H and O–H groups in total. The Morgan fingerprint density at radius 1 is 1.40 bits per heavy atom. The molecule has 1 amide bonds. The van der Waals surface area contributed by atoms with Gasteiger partial charge in [0.25, 0.3) is 0 Å². The summed E-state index contributed by atoms with van der Waals surface area (Å²) in [6.07, 6.45) is 0. The Morgan fingerprint density at radius 2 is 2.15 bits per heavy atom. The maximum absolute atomic E-state index is 11.4. The molecule has 0 aliphatic rings. The van der Waals surface area contributed by atoms with Crippen LogP contribution in [0.4, 0.5) is 0 Å². The van der Waals surface area contributed by atoms with E-state index in [1.54, 1.807) is 7.11 Å². The van der Waals surface area contributed by atoms with Gasteiger partial charge in [-0.1, -0.05) is 12.1 Å². The van der Waals surface area contributed by atoms with Crippen LogP contribution in [-0.4, -0.2) is 51.6 Å². The van der Waals surface area contributed by atoms with Crippen LogP contribution in [0.5, 0.6) is 5.75 Å². The second-order valence-electron chi connectivity index (χ2n) is 4.84. The smallest absolute Gasteiger partial charge is 0.233 e. The number of nitrogens with one attached hydrogen (secondary N) is 2. The number of methoxy groups -OCH3 is 1. The molecule has 0 spiro atoms.